The Balaban J connectivity index is 0.00000154. The molecule has 1 rings (SSSR count). The quantitative estimate of drug-likeness (QED) is 0.599. The number of rotatable bonds is 7. The van der Waals surface area contributed by atoms with E-state index < -0.39 is 0 Å². The highest BCUT2D eigenvalue weighted by atomic mass is 14.9. The molecule has 1 N–H and O–H groups in total. The van der Waals surface area contributed by atoms with Gasteiger partial charge in [-0.3, -0.25) is 9.98 Å². The summed E-state index contributed by atoms with van der Waals surface area (Å²) in [4.78, 5) is 8.45. The molecule has 1 aromatic rings. The normalized spacial score (nSPS) is 10.7. The fourth-order valence-corrected chi connectivity index (χ4v) is 1.25. The first kappa shape index (κ1) is 17.0. The lowest BCUT2D eigenvalue weighted by atomic mass is 10.3. The predicted molar refractivity (Wildman–Crippen MR) is 84.3 cm³/mol. The van der Waals surface area contributed by atoms with Crippen LogP contribution in [0.15, 0.2) is 66.5 Å². The third-order valence-electron chi connectivity index (χ3n) is 1.99. The van der Waals surface area contributed by atoms with Crippen LogP contribution in [0.2, 0.25) is 0 Å². The van der Waals surface area contributed by atoms with E-state index in [9.17, 15) is 0 Å². The summed E-state index contributed by atoms with van der Waals surface area (Å²) in [6.45, 7) is 12.6. The first-order chi connectivity index (χ1) is 9.36. The van der Waals surface area contributed by atoms with Gasteiger partial charge in [-0.1, -0.05) is 45.2 Å². The second-order valence-electron chi connectivity index (χ2n) is 3.33. The van der Waals surface area contributed by atoms with E-state index in [4.69, 9.17) is 0 Å². The molecule has 102 valence electrons. The van der Waals surface area contributed by atoms with Gasteiger partial charge in [0.25, 0.3) is 0 Å². The molecular formula is C16H23N3. The number of nitrogens with zero attached hydrogens (tertiary/aromatic N) is 2. The van der Waals surface area contributed by atoms with Crippen molar-refractivity contribution in [3.8, 4) is 0 Å². The predicted octanol–water partition coefficient (Wildman–Crippen LogP) is 3.52. The molecule has 1 heterocycles. The van der Waals surface area contributed by atoms with Crippen LogP contribution in [0.5, 0.6) is 0 Å². The van der Waals surface area contributed by atoms with E-state index in [-0.39, 0.29) is 0 Å². The molecule has 0 amide bonds. The Labute approximate surface area is 116 Å². The minimum atomic E-state index is 0.674. The van der Waals surface area contributed by atoms with E-state index >= 15 is 0 Å². The van der Waals surface area contributed by atoms with Gasteiger partial charge in [0.2, 0.25) is 0 Å². The molecule has 0 fully saturated rings. The summed E-state index contributed by atoms with van der Waals surface area (Å²) in [7, 11) is 0. The van der Waals surface area contributed by atoms with Crippen LogP contribution in [0.4, 0.5) is 0 Å². The zero-order chi connectivity index (χ0) is 14.3. The van der Waals surface area contributed by atoms with E-state index in [1.54, 1.807) is 24.6 Å². The summed E-state index contributed by atoms with van der Waals surface area (Å²) in [5.74, 6) is 0. The average Bonchev–Trinajstić information content (AvgIpc) is 2.48. The van der Waals surface area contributed by atoms with Crippen molar-refractivity contribution in [3.63, 3.8) is 0 Å². The number of aliphatic imine (C=N–C) groups is 1. The Morgan fingerprint density at radius 3 is 2.68 bits per heavy atom. The molecule has 0 radical (unpaired) electrons. The van der Waals surface area contributed by atoms with Crippen LogP contribution < -0.4 is 5.32 Å². The van der Waals surface area contributed by atoms with E-state index in [0.717, 1.165) is 17.9 Å². The minimum Gasteiger partial charge on any atom is -0.306 e. The second-order valence-corrected chi connectivity index (χ2v) is 3.33. The van der Waals surface area contributed by atoms with Crippen LogP contribution in [-0.2, 0) is 6.54 Å². The maximum atomic E-state index is 4.23. The van der Waals surface area contributed by atoms with Crippen molar-refractivity contribution in [2.45, 2.75) is 20.4 Å². The van der Waals surface area contributed by atoms with Crippen LogP contribution in [0, 0.1) is 0 Å². The maximum absolute atomic E-state index is 4.23. The van der Waals surface area contributed by atoms with Crippen molar-refractivity contribution < 1.29 is 0 Å². The molecule has 0 saturated heterocycles. The van der Waals surface area contributed by atoms with E-state index in [1.807, 2.05) is 38.1 Å². The molecule has 0 unspecified atom stereocenters. The van der Waals surface area contributed by atoms with Crippen LogP contribution in [0.1, 0.15) is 19.5 Å². The number of pyridine rings is 1. The lowest BCUT2D eigenvalue weighted by Crippen LogP contribution is -2.16. The summed E-state index contributed by atoms with van der Waals surface area (Å²) in [5.41, 5.74) is 1.92. The van der Waals surface area contributed by atoms with E-state index in [0.29, 0.717) is 6.54 Å². The fourth-order valence-electron chi connectivity index (χ4n) is 1.25. The highest BCUT2D eigenvalue weighted by molar-refractivity contribution is 5.71. The molecule has 0 aliphatic heterocycles. The molecule has 19 heavy (non-hydrogen) atoms. The highest BCUT2D eigenvalue weighted by Crippen LogP contribution is 1.97. The van der Waals surface area contributed by atoms with Crippen molar-refractivity contribution in [2.75, 3.05) is 6.54 Å². The standard InChI is InChI=1S/C14H17N3.C2H6/c1-3-7-13(16-9-4-2)11-15-12-14-8-5-6-10-17-14;1-2/h3-10,15H,1-2,11-12H2;1-2H3/b13-7-,16-9?;. The molecule has 3 nitrogen and oxygen atoms in total. The van der Waals surface area contributed by atoms with Crippen molar-refractivity contribution in [1.82, 2.24) is 10.3 Å². The average molecular weight is 257 g/mol. The summed E-state index contributed by atoms with van der Waals surface area (Å²) in [5, 5.41) is 3.27. The smallest absolute Gasteiger partial charge is 0.0541 e. The van der Waals surface area contributed by atoms with Gasteiger partial charge in [0, 0.05) is 25.5 Å². The second kappa shape index (κ2) is 12.5. The van der Waals surface area contributed by atoms with Crippen molar-refractivity contribution >= 4 is 6.21 Å². The maximum Gasteiger partial charge on any atom is 0.0541 e. The number of aromatic nitrogens is 1. The monoisotopic (exact) mass is 257 g/mol. The molecule has 0 aromatic carbocycles. The summed E-state index contributed by atoms with van der Waals surface area (Å²) >= 11 is 0. The molecule has 0 bridgehead atoms. The first-order valence-corrected chi connectivity index (χ1v) is 6.44. The SMILES string of the molecule is C=CC=N/C(=C\C=C)CNCc1ccccn1.CC. The van der Waals surface area contributed by atoms with Gasteiger partial charge in [0.05, 0.1) is 11.4 Å². The number of nitrogens with one attached hydrogen (secondary N) is 1. The van der Waals surface area contributed by atoms with Gasteiger partial charge in [-0.05, 0) is 18.2 Å². The Morgan fingerprint density at radius 2 is 2.11 bits per heavy atom. The van der Waals surface area contributed by atoms with Gasteiger partial charge >= 0.3 is 0 Å². The van der Waals surface area contributed by atoms with Crippen molar-refractivity contribution in [2.24, 2.45) is 4.99 Å². The Hall–Kier alpha value is -2.00. The third-order valence-corrected chi connectivity index (χ3v) is 1.99. The molecule has 0 atom stereocenters. The largest absolute Gasteiger partial charge is 0.306 e. The third kappa shape index (κ3) is 8.69. The molecular weight excluding hydrogens is 234 g/mol. The van der Waals surface area contributed by atoms with Crippen molar-refractivity contribution in [3.05, 3.63) is 67.2 Å². The number of hydrogen-bond acceptors (Lipinski definition) is 3. The van der Waals surface area contributed by atoms with Crippen LogP contribution in [0.25, 0.3) is 0 Å². The van der Waals surface area contributed by atoms with Crippen LogP contribution in [-0.4, -0.2) is 17.7 Å². The van der Waals surface area contributed by atoms with Gasteiger partial charge in [0.1, 0.15) is 0 Å². The Morgan fingerprint density at radius 1 is 1.32 bits per heavy atom. The van der Waals surface area contributed by atoms with Gasteiger partial charge < -0.3 is 5.32 Å². The molecule has 0 aliphatic carbocycles. The van der Waals surface area contributed by atoms with Gasteiger partial charge in [0.15, 0.2) is 0 Å². The fraction of sp³-hybridized carbons (Fsp3) is 0.250. The molecule has 3 heteroatoms. The highest BCUT2D eigenvalue weighted by Gasteiger charge is 1.94. The van der Waals surface area contributed by atoms with Crippen LogP contribution >= 0.6 is 0 Å². The van der Waals surface area contributed by atoms with E-state index in [1.165, 1.54) is 0 Å². The van der Waals surface area contributed by atoms with Crippen molar-refractivity contribution in [1.29, 1.82) is 0 Å². The zero-order valence-electron chi connectivity index (χ0n) is 11.8. The summed E-state index contributed by atoms with van der Waals surface area (Å²) < 4.78 is 0. The summed E-state index contributed by atoms with van der Waals surface area (Å²) in [6.07, 6.45) is 8.68. The molecule has 0 aliphatic rings. The summed E-state index contributed by atoms with van der Waals surface area (Å²) in [6, 6.07) is 5.86. The zero-order valence-corrected chi connectivity index (χ0v) is 11.8. The lowest BCUT2D eigenvalue weighted by Gasteiger charge is -2.04. The molecule has 0 spiro atoms. The Kier molecular flexibility index (Phi) is 11.1. The van der Waals surface area contributed by atoms with Crippen LogP contribution in [0.3, 0.4) is 0 Å². The molecule has 1 aromatic heterocycles. The lowest BCUT2D eigenvalue weighted by molar-refractivity contribution is 0.719. The first-order valence-electron chi connectivity index (χ1n) is 6.44. The minimum absolute atomic E-state index is 0.674. The van der Waals surface area contributed by atoms with Gasteiger partial charge in [-0.2, -0.15) is 0 Å². The molecule has 0 saturated carbocycles. The van der Waals surface area contributed by atoms with Gasteiger partial charge in [-0.25, -0.2) is 0 Å². The number of hydrogen-bond donors (Lipinski definition) is 1. The Bertz CT molecular complexity index is 405. The van der Waals surface area contributed by atoms with Gasteiger partial charge in [-0.15, -0.1) is 0 Å². The number of allylic oxidation sites excluding steroid dienone is 3. The topological polar surface area (TPSA) is 37.3 Å². The van der Waals surface area contributed by atoms with E-state index in [2.05, 4.69) is 28.5 Å².